The van der Waals surface area contributed by atoms with Crippen LogP contribution in [-0.2, 0) is 4.79 Å². The molecule has 86 valence electrons. The lowest BCUT2D eigenvalue weighted by atomic mass is 10.0. The zero-order chi connectivity index (χ0) is 11.5. The Bertz CT molecular complexity index is 392. The molecular formula is C12H17N3O. The molecule has 2 rings (SSSR count). The summed E-state index contributed by atoms with van der Waals surface area (Å²) in [7, 11) is 0. The van der Waals surface area contributed by atoms with Crippen LogP contribution in [0, 0.1) is 6.92 Å². The molecule has 1 aromatic rings. The minimum atomic E-state index is 0.0751. The molecule has 0 radical (unpaired) electrons. The molecule has 16 heavy (non-hydrogen) atoms. The summed E-state index contributed by atoms with van der Waals surface area (Å²) in [5.74, 6) is 0.907. The molecule has 0 aliphatic carbocycles. The zero-order valence-corrected chi connectivity index (χ0v) is 9.81. The van der Waals surface area contributed by atoms with Crippen molar-refractivity contribution in [3.63, 3.8) is 0 Å². The summed E-state index contributed by atoms with van der Waals surface area (Å²) in [4.78, 5) is 22.1. The largest absolute Gasteiger partial charge is 0.333 e. The van der Waals surface area contributed by atoms with Gasteiger partial charge < -0.3 is 4.90 Å². The fraction of sp³-hybridized carbons (Fsp3) is 0.583. The first-order chi connectivity index (χ1) is 7.68. The molecule has 1 saturated heterocycles. The van der Waals surface area contributed by atoms with Gasteiger partial charge in [-0.05, 0) is 32.3 Å². The van der Waals surface area contributed by atoms with Crippen molar-refractivity contribution >= 4 is 5.91 Å². The molecule has 4 nitrogen and oxygen atoms in total. The molecular weight excluding hydrogens is 202 g/mol. The van der Waals surface area contributed by atoms with E-state index in [2.05, 4.69) is 9.97 Å². The first-order valence-corrected chi connectivity index (χ1v) is 5.75. The number of likely N-dealkylation sites (tertiary alicyclic amines) is 1. The fourth-order valence-electron chi connectivity index (χ4n) is 2.21. The van der Waals surface area contributed by atoms with E-state index in [9.17, 15) is 4.79 Å². The maximum atomic E-state index is 11.5. The number of carbonyl (C=O) groups is 1. The smallest absolute Gasteiger partial charge is 0.220 e. The van der Waals surface area contributed by atoms with Gasteiger partial charge in [-0.2, -0.15) is 0 Å². The van der Waals surface area contributed by atoms with E-state index in [0.29, 0.717) is 0 Å². The van der Waals surface area contributed by atoms with Crippen molar-refractivity contribution in [3.8, 4) is 0 Å². The third-order valence-electron chi connectivity index (χ3n) is 3.02. The summed E-state index contributed by atoms with van der Waals surface area (Å²) in [6.07, 6.45) is 4.97. The number of rotatable bonds is 1. The second-order valence-corrected chi connectivity index (χ2v) is 4.28. The summed E-state index contributed by atoms with van der Waals surface area (Å²) < 4.78 is 0. The average molecular weight is 219 g/mol. The van der Waals surface area contributed by atoms with Crippen LogP contribution in [0.1, 0.15) is 43.7 Å². The minimum Gasteiger partial charge on any atom is -0.333 e. The second-order valence-electron chi connectivity index (χ2n) is 4.28. The van der Waals surface area contributed by atoms with Crippen LogP contribution in [0.25, 0.3) is 0 Å². The average Bonchev–Trinajstić information content (AvgIpc) is 2.29. The summed E-state index contributed by atoms with van der Waals surface area (Å²) in [5, 5.41) is 0. The van der Waals surface area contributed by atoms with E-state index in [1.165, 1.54) is 0 Å². The highest BCUT2D eigenvalue weighted by Crippen LogP contribution is 2.28. The van der Waals surface area contributed by atoms with Crippen LogP contribution in [0.15, 0.2) is 12.3 Å². The lowest BCUT2D eigenvalue weighted by Gasteiger charge is -2.33. The summed E-state index contributed by atoms with van der Waals surface area (Å²) in [6.45, 7) is 4.40. The van der Waals surface area contributed by atoms with E-state index in [4.69, 9.17) is 0 Å². The van der Waals surface area contributed by atoms with E-state index in [1.807, 2.05) is 17.9 Å². The molecule has 1 fully saturated rings. The molecule has 0 saturated carbocycles. The topological polar surface area (TPSA) is 46.1 Å². The van der Waals surface area contributed by atoms with Crippen LogP contribution < -0.4 is 0 Å². The van der Waals surface area contributed by atoms with Gasteiger partial charge in [0, 0.05) is 25.4 Å². The Labute approximate surface area is 95.7 Å². The minimum absolute atomic E-state index is 0.0751. The Kier molecular flexibility index (Phi) is 3.17. The van der Waals surface area contributed by atoms with Gasteiger partial charge in [0.2, 0.25) is 5.91 Å². The molecule has 1 atom stereocenters. The molecule has 1 aromatic heterocycles. The molecule has 1 aliphatic heterocycles. The normalized spacial score (nSPS) is 20.9. The maximum Gasteiger partial charge on any atom is 0.220 e. The number of hydrogen-bond acceptors (Lipinski definition) is 3. The number of nitrogens with zero attached hydrogens (tertiary/aromatic N) is 3. The molecule has 0 bridgehead atoms. The first kappa shape index (κ1) is 11.0. The quantitative estimate of drug-likeness (QED) is 0.724. The lowest BCUT2D eigenvalue weighted by molar-refractivity contribution is -0.132. The van der Waals surface area contributed by atoms with Gasteiger partial charge in [0.1, 0.15) is 0 Å². The van der Waals surface area contributed by atoms with E-state index < -0.39 is 0 Å². The Balaban J connectivity index is 2.26. The number of piperidine rings is 1. The summed E-state index contributed by atoms with van der Waals surface area (Å²) in [5.41, 5.74) is 0.957. The third-order valence-corrected chi connectivity index (χ3v) is 3.02. The third kappa shape index (κ3) is 2.21. The first-order valence-electron chi connectivity index (χ1n) is 5.75. The van der Waals surface area contributed by atoms with Crippen molar-refractivity contribution in [2.45, 2.75) is 39.2 Å². The number of amides is 1. The molecule has 0 aromatic carbocycles. The van der Waals surface area contributed by atoms with Gasteiger partial charge >= 0.3 is 0 Å². The molecule has 0 N–H and O–H groups in total. The lowest BCUT2D eigenvalue weighted by Crippen LogP contribution is -2.37. The predicted octanol–water partition coefficient (Wildman–Crippen LogP) is 1.86. The van der Waals surface area contributed by atoms with E-state index >= 15 is 0 Å². The van der Waals surface area contributed by atoms with Crippen molar-refractivity contribution in [2.75, 3.05) is 6.54 Å². The maximum absolute atomic E-state index is 11.5. The fourth-order valence-corrected chi connectivity index (χ4v) is 2.21. The Hall–Kier alpha value is -1.45. The molecule has 4 heteroatoms. The highest BCUT2D eigenvalue weighted by atomic mass is 16.2. The van der Waals surface area contributed by atoms with Gasteiger partial charge in [-0.25, -0.2) is 9.97 Å². The van der Waals surface area contributed by atoms with E-state index in [1.54, 1.807) is 13.1 Å². The Morgan fingerprint density at radius 1 is 1.50 bits per heavy atom. The van der Waals surface area contributed by atoms with Gasteiger partial charge in [-0.1, -0.05) is 0 Å². The second kappa shape index (κ2) is 4.60. The van der Waals surface area contributed by atoms with Crippen molar-refractivity contribution in [2.24, 2.45) is 0 Å². The molecule has 1 amide bonds. The number of hydrogen-bond donors (Lipinski definition) is 0. The number of aryl methyl sites for hydroxylation is 1. The van der Waals surface area contributed by atoms with Crippen molar-refractivity contribution in [1.29, 1.82) is 0 Å². The van der Waals surface area contributed by atoms with Gasteiger partial charge in [-0.15, -0.1) is 0 Å². The number of carbonyl (C=O) groups excluding carboxylic acids is 1. The van der Waals surface area contributed by atoms with Crippen molar-refractivity contribution in [1.82, 2.24) is 14.9 Å². The van der Waals surface area contributed by atoms with E-state index in [-0.39, 0.29) is 11.9 Å². The highest BCUT2D eigenvalue weighted by molar-refractivity contribution is 5.73. The SMILES string of the molecule is CC(=O)N1CCCCC1c1nccc(C)n1. The molecule has 0 spiro atoms. The summed E-state index contributed by atoms with van der Waals surface area (Å²) >= 11 is 0. The Morgan fingerprint density at radius 3 is 3.00 bits per heavy atom. The van der Waals surface area contributed by atoms with Gasteiger partial charge in [-0.3, -0.25) is 4.79 Å². The molecule has 2 heterocycles. The van der Waals surface area contributed by atoms with Crippen molar-refractivity contribution < 1.29 is 4.79 Å². The van der Waals surface area contributed by atoms with Gasteiger partial charge in [0.25, 0.3) is 0 Å². The predicted molar refractivity (Wildman–Crippen MR) is 60.7 cm³/mol. The Morgan fingerprint density at radius 2 is 2.31 bits per heavy atom. The highest BCUT2D eigenvalue weighted by Gasteiger charge is 2.27. The van der Waals surface area contributed by atoms with E-state index in [0.717, 1.165) is 37.3 Å². The van der Waals surface area contributed by atoms with Gasteiger partial charge in [0.15, 0.2) is 5.82 Å². The van der Waals surface area contributed by atoms with Crippen LogP contribution in [0.3, 0.4) is 0 Å². The van der Waals surface area contributed by atoms with Crippen LogP contribution in [-0.4, -0.2) is 27.3 Å². The van der Waals surface area contributed by atoms with Crippen molar-refractivity contribution in [3.05, 3.63) is 23.8 Å². The van der Waals surface area contributed by atoms with Crippen LogP contribution in [0.2, 0.25) is 0 Å². The van der Waals surface area contributed by atoms with Crippen LogP contribution in [0.4, 0.5) is 0 Å². The number of aromatic nitrogens is 2. The van der Waals surface area contributed by atoms with Crippen LogP contribution in [0.5, 0.6) is 0 Å². The standard InChI is InChI=1S/C12H17N3O/c1-9-6-7-13-12(14-9)11-5-3-4-8-15(11)10(2)16/h6-7,11H,3-5,8H2,1-2H3. The molecule has 1 unspecified atom stereocenters. The zero-order valence-electron chi connectivity index (χ0n) is 9.81. The molecule has 1 aliphatic rings. The summed E-state index contributed by atoms with van der Waals surface area (Å²) in [6, 6.07) is 1.95. The van der Waals surface area contributed by atoms with Crippen LogP contribution >= 0.6 is 0 Å². The monoisotopic (exact) mass is 219 g/mol. The van der Waals surface area contributed by atoms with Gasteiger partial charge in [0.05, 0.1) is 6.04 Å².